The van der Waals surface area contributed by atoms with E-state index >= 15 is 0 Å². The summed E-state index contributed by atoms with van der Waals surface area (Å²) in [6.07, 6.45) is 1.49. The third kappa shape index (κ3) is 4.75. The molecule has 136 valence electrons. The number of amides is 4. The second kappa shape index (κ2) is 8.56. The minimum absolute atomic E-state index is 0.305. The Balaban J connectivity index is 1.93. The van der Waals surface area contributed by atoms with Crippen LogP contribution >= 0.6 is 11.8 Å². The number of hydrogen-bond acceptors (Lipinski definition) is 7. The van der Waals surface area contributed by atoms with Crippen molar-refractivity contribution in [2.45, 2.75) is 25.3 Å². The van der Waals surface area contributed by atoms with Gasteiger partial charge in [0.25, 0.3) is 5.91 Å². The summed E-state index contributed by atoms with van der Waals surface area (Å²) >= 11 is 1.37. The molecule has 1 fully saturated rings. The zero-order valence-corrected chi connectivity index (χ0v) is 14.6. The van der Waals surface area contributed by atoms with Crippen LogP contribution in [-0.4, -0.2) is 53.7 Å². The number of nitrogens with one attached hydrogen (secondary N) is 2. The fourth-order valence-electron chi connectivity index (χ4n) is 2.32. The lowest BCUT2D eigenvalue weighted by molar-refractivity contribution is -0.156. The van der Waals surface area contributed by atoms with Crippen molar-refractivity contribution in [1.82, 2.24) is 15.5 Å². The number of rotatable bonds is 5. The molecule has 2 heterocycles. The Morgan fingerprint density at radius 2 is 2.16 bits per heavy atom. The highest BCUT2D eigenvalue weighted by molar-refractivity contribution is 7.99. The van der Waals surface area contributed by atoms with Crippen molar-refractivity contribution in [2.75, 3.05) is 18.9 Å². The number of carbonyl (C=O) groups excluding carboxylic acids is 4. The van der Waals surface area contributed by atoms with Crippen LogP contribution in [0.1, 0.15) is 25.0 Å². The predicted octanol–water partition coefficient (Wildman–Crippen LogP) is 0.631. The van der Waals surface area contributed by atoms with E-state index < -0.39 is 35.9 Å². The van der Waals surface area contributed by atoms with Crippen molar-refractivity contribution in [3.8, 4) is 0 Å². The first-order valence-corrected chi connectivity index (χ1v) is 8.67. The van der Waals surface area contributed by atoms with Gasteiger partial charge in [-0.25, -0.2) is 9.59 Å². The fourth-order valence-corrected chi connectivity index (χ4v) is 3.74. The number of thioether (sulfide) groups is 1. The monoisotopic (exact) mass is 369 g/mol. The van der Waals surface area contributed by atoms with Crippen molar-refractivity contribution >= 4 is 35.6 Å². The maximum Gasteiger partial charge on any atom is 0.330 e. The van der Waals surface area contributed by atoms with Gasteiger partial charge in [-0.05, 0) is 19.1 Å². The lowest BCUT2D eigenvalue weighted by atomic mass is 10.2. The molecular weight excluding hydrogens is 350 g/mol. The van der Waals surface area contributed by atoms with Gasteiger partial charge in [-0.15, -0.1) is 11.8 Å². The van der Waals surface area contributed by atoms with E-state index in [0.29, 0.717) is 18.1 Å². The number of nitrogens with zero attached hydrogens (tertiary/aromatic N) is 1. The fraction of sp³-hybridized carbons (Fsp3) is 0.467. The quantitative estimate of drug-likeness (QED) is 0.731. The average Bonchev–Trinajstić information content (AvgIpc) is 3.21. The van der Waals surface area contributed by atoms with Crippen molar-refractivity contribution in [1.29, 1.82) is 0 Å². The Bertz CT molecular complexity index is 648. The highest BCUT2D eigenvalue weighted by Crippen LogP contribution is 2.41. The second-order valence-corrected chi connectivity index (χ2v) is 6.27. The molecule has 1 aromatic rings. The Kier molecular flexibility index (Phi) is 6.45. The zero-order valence-electron chi connectivity index (χ0n) is 13.8. The molecule has 1 aromatic heterocycles. The summed E-state index contributed by atoms with van der Waals surface area (Å²) in [6, 6.07) is 1.94. The number of imide groups is 1. The molecule has 1 aliphatic heterocycles. The molecule has 25 heavy (non-hydrogen) atoms. The van der Waals surface area contributed by atoms with E-state index in [9.17, 15) is 19.2 Å². The van der Waals surface area contributed by atoms with Crippen LogP contribution in [0.4, 0.5) is 4.79 Å². The molecule has 10 heteroatoms. The summed E-state index contributed by atoms with van der Waals surface area (Å²) in [5.41, 5.74) is 0. The van der Waals surface area contributed by atoms with Gasteiger partial charge in [-0.2, -0.15) is 0 Å². The third-order valence-corrected chi connectivity index (χ3v) is 4.64. The summed E-state index contributed by atoms with van der Waals surface area (Å²) in [5, 5.41) is 3.99. The van der Waals surface area contributed by atoms with Gasteiger partial charge in [-0.1, -0.05) is 0 Å². The smallest absolute Gasteiger partial charge is 0.330 e. The number of esters is 1. The van der Waals surface area contributed by atoms with Gasteiger partial charge in [0, 0.05) is 19.2 Å². The molecule has 0 radical (unpaired) electrons. The Morgan fingerprint density at radius 1 is 1.40 bits per heavy atom. The lowest BCUT2D eigenvalue weighted by Gasteiger charge is -2.25. The zero-order chi connectivity index (χ0) is 18.4. The van der Waals surface area contributed by atoms with E-state index in [1.807, 2.05) is 5.32 Å². The topological polar surface area (TPSA) is 118 Å². The van der Waals surface area contributed by atoms with E-state index in [0.717, 1.165) is 0 Å². The highest BCUT2D eigenvalue weighted by Gasteiger charge is 2.43. The molecule has 0 saturated carbocycles. The van der Waals surface area contributed by atoms with Gasteiger partial charge in [-0.3, -0.25) is 14.9 Å². The summed E-state index contributed by atoms with van der Waals surface area (Å²) < 4.78 is 10.3. The Labute approximate surface area is 148 Å². The number of ether oxygens (including phenoxy) is 1. The summed E-state index contributed by atoms with van der Waals surface area (Å²) in [7, 11) is 0. The van der Waals surface area contributed by atoms with Gasteiger partial charge in [0.1, 0.15) is 17.2 Å². The maximum absolute atomic E-state index is 12.3. The second-order valence-electron chi connectivity index (χ2n) is 5.16. The largest absolute Gasteiger partial charge is 0.466 e. The minimum Gasteiger partial charge on any atom is -0.466 e. The molecule has 0 aromatic carbocycles. The number of urea groups is 1. The van der Waals surface area contributed by atoms with Crippen LogP contribution in [0.3, 0.4) is 0 Å². The first-order chi connectivity index (χ1) is 11.9. The lowest BCUT2D eigenvalue weighted by Crippen LogP contribution is -2.45. The molecule has 2 rings (SSSR count). The molecule has 0 bridgehead atoms. The molecule has 2 N–H and O–H groups in total. The van der Waals surface area contributed by atoms with E-state index in [1.165, 1.54) is 29.8 Å². The van der Waals surface area contributed by atoms with Crippen LogP contribution < -0.4 is 10.6 Å². The summed E-state index contributed by atoms with van der Waals surface area (Å²) in [5.74, 6) is -0.879. The number of carbonyl (C=O) groups is 4. The van der Waals surface area contributed by atoms with Gasteiger partial charge >= 0.3 is 12.0 Å². The van der Waals surface area contributed by atoms with Crippen LogP contribution in [0.5, 0.6) is 0 Å². The molecule has 0 aliphatic carbocycles. The summed E-state index contributed by atoms with van der Waals surface area (Å²) in [4.78, 5) is 48.4. The molecule has 1 aliphatic rings. The van der Waals surface area contributed by atoms with Gasteiger partial charge in [0.2, 0.25) is 5.91 Å². The average molecular weight is 369 g/mol. The van der Waals surface area contributed by atoms with E-state index in [4.69, 9.17) is 9.15 Å². The van der Waals surface area contributed by atoms with Crippen LogP contribution in [-0.2, 0) is 19.1 Å². The van der Waals surface area contributed by atoms with Gasteiger partial charge in [0.15, 0.2) is 6.61 Å². The third-order valence-electron chi connectivity index (χ3n) is 3.36. The van der Waals surface area contributed by atoms with E-state index in [-0.39, 0.29) is 5.91 Å². The van der Waals surface area contributed by atoms with E-state index in [2.05, 4.69) is 5.32 Å². The Morgan fingerprint density at radius 3 is 2.76 bits per heavy atom. The van der Waals surface area contributed by atoms with Crippen molar-refractivity contribution in [2.24, 2.45) is 0 Å². The highest BCUT2D eigenvalue weighted by atomic mass is 32.2. The molecular formula is C15H19N3O6S. The molecule has 1 saturated heterocycles. The molecule has 0 unspecified atom stereocenters. The Hall–Kier alpha value is -2.49. The minimum atomic E-state index is -0.824. The summed E-state index contributed by atoms with van der Waals surface area (Å²) in [6.45, 7) is 2.81. The SMILES string of the molecule is CCNC(=O)NC(=O)COC(=O)[C@H]1CS[C@H](c2ccco2)N1C(C)=O. The van der Waals surface area contributed by atoms with Crippen LogP contribution in [0.2, 0.25) is 0 Å². The first-order valence-electron chi connectivity index (χ1n) is 7.62. The number of furan rings is 1. The van der Waals surface area contributed by atoms with Crippen molar-refractivity contribution in [3.63, 3.8) is 0 Å². The molecule has 9 nitrogen and oxygen atoms in total. The predicted molar refractivity (Wildman–Crippen MR) is 88.4 cm³/mol. The van der Waals surface area contributed by atoms with E-state index in [1.54, 1.807) is 19.1 Å². The normalized spacial score (nSPS) is 19.4. The molecule has 2 atom stereocenters. The molecule has 4 amide bonds. The standard InChI is InChI=1S/C15H19N3O6S/c1-3-16-15(22)17-12(20)7-24-14(21)10-8-25-13(18(10)9(2)19)11-5-4-6-23-11/h4-6,10,13H,3,7-8H2,1-2H3,(H2,16,17,20,22)/t10-,13-/m1/s1. The number of hydrogen-bond donors (Lipinski definition) is 2. The van der Waals surface area contributed by atoms with Crippen LogP contribution in [0.25, 0.3) is 0 Å². The molecule has 0 spiro atoms. The van der Waals surface area contributed by atoms with Crippen LogP contribution in [0, 0.1) is 0 Å². The van der Waals surface area contributed by atoms with Crippen LogP contribution in [0.15, 0.2) is 22.8 Å². The maximum atomic E-state index is 12.3. The first kappa shape index (κ1) is 18.8. The van der Waals surface area contributed by atoms with Crippen molar-refractivity contribution in [3.05, 3.63) is 24.2 Å². The van der Waals surface area contributed by atoms with Gasteiger partial charge < -0.3 is 19.4 Å². The van der Waals surface area contributed by atoms with Gasteiger partial charge in [0.05, 0.1) is 6.26 Å². The van der Waals surface area contributed by atoms with Crippen molar-refractivity contribution < 1.29 is 28.3 Å².